The Bertz CT molecular complexity index is 1050. The van der Waals surface area contributed by atoms with Crippen LogP contribution in [0.2, 0.25) is 0 Å². The van der Waals surface area contributed by atoms with Gasteiger partial charge in [-0.1, -0.05) is 0 Å². The summed E-state index contributed by atoms with van der Waals surface area (Å²) in [5.41, 5.74) is 0.600. The predicted octanol–water partition coefficient (Wildman–Crippen LogP) is 0.0424. The topological polar surface area (TPSA) is 143 Å². The highest BCUT2D eigenvalue weighted by molar-refractivity contribution is 5.94. The van der Waals surface area contributed by atoms with Gasteiger partial charge in [0.2, 0.25) is 5.88 Å². The van der Waals surface area contributed by atoms with Gasteiger partial charge in [0, 0.05) is 18.0 Å². The lowest BCUT2D eigenvalue weighted by atomic mass is 10.3. The van der Waals surface area contributed by atoms with Gasteiger partial charge in [-0.3, -0.25) is 24.1 Å². The van der Waals surface area contributed by atoms with Crippen molar-refractivity contribution < 1.29 is 14.3 Å². The Kier molecular flexibility index (Phi) is 4.74. The Balaban J connectivity index is 1.84. The van der Waals surface area contributed by atoms with Crippen molar-refractivity contribution in [1.82, 2.24) is 20.0 Å². The molecule has 0 aliphatic heterocycles. The molecule has 0 unspecified atom stereocenters. The summed E-state index contributed by atoms with van der Waals surface area (Å²) in [4.78, 5) is 41.5. The van der Waals surface area contributed by atoms with Gasteiger partial charge in [0.15, 0.2) is 0 Å². The van der Waals surface area contributed by atoms with E-state index in [9.17, 15) is 19.5 Å². The molecule has 0 saturated carbocycles. The molecule has 132 valence electrons. The number of nitrogens with zero attached hydrogens (tertiary/aromatic N) is 3. The maximum atomic E-state index is 11.9. The first-order valence-electron chi connectivity index (χ1n) is 7.38. The van der Waals surface area contributed by atoms with E-state index in [1.54, 1.807) is 12.1 Å². The zero-order valence-electron chi connectivity index (χ0n) is 13.2. The summed E-state index contributed by atoms with van der Waals surface area (Å²) in [6.07, 6.45) is 5.25. The lowest BCUT2D eigenvalue weighted by Gasteiger charge is -2.07. The molecule has 10 heteroatoms. The van der Waals surface area contributed by atoms with E-state index >= 15 is 0 Å². The van der Waals surface area contributed by atoms with Gasteiger partial charge in [-0.15, -0.1) is 0 Å². The SMILES string of the molecule is O=C(N/N=C\c1c(O)n(Cc2ccco2)c(=O)[nH]c1=O)c1ccncc1. The van der Waals surface area contributed by atoms with Crippen LogP contribution in [0.5, 0.6) is 5.88 Å². The van der Waals surface area contributed by atoms with Gasteiger partial charge < -0.3 is 9.52 Å². The van der Waals surface area contributed by atoms with Crippen LogP contribution < -0.4 is 16.7 Å². The fraction of sp³-hybridized carbons (Fsp3) is 0.0625. The van der Waals surface area contributed by atoms with E-state index in [1.165, 1.54) is 30.8 Å². The summed E-state index contributed by atoms with van der Waals surface area (Å²) in [6, 6.07) is 6.21. The minimum absolute atomic E-state index is 0.0847. The molecule has 0 radical (unpaired) electrons. The zero-order chi connectivity index (χ0) is 18.5. The Morgan fingerprint density at radius 1 is 1.35 bits per heavy atom. The van der Waals surface area contributed by atoms with E-state index in [0.29, 0.717) is 11.3 Å². The smallest absolute Gasteiger partial charge is 0.331 e. The predicted molar refractivity (Wildman–Crippen MR) is 90.1 cm³/mol. The number of hydrazone groups is 1. The van der Waals surface area contributed by atoms with Crippen LogP contribution in [0.4, 0.5) is 0 Å². The molecule has 26 heavy (non-hydrogen) atoms. The maximum absolute atomic E-state index is 11.9. The number of carbonyl (C=O) groups excluding carboxylic acids is 1. The Hall–Kier alpha value is -3.95. The number of aromatic amines is 1. The molecule has 1 amide bonds. The molecule has 0 aliphatic rings. The number of hydrogen-bond donors (Lipinski definition) is 3. The van der Waals surface area contributed by atoms with E-state index in [2.05, 4.69) is 20.5 Å². The number of rotatable bonds is 5. The summed E-state index contributed by atoms with van der Waals surface area (Å²) in [5, 5.41) is 13.9. The molecular weight excluding hydrogens is 342 g/mol. The Morgan fingerprint density at radius 2 is 2.12 bits per heavy atom. The van der Waals surface area contributed by atoms with Crippen molar-refractivity contribution in [3.05, 3.63) is 80.6 Å². The van der Waals surface area contributed by atoms with Gasteiger partial charge in [0.05, 0.1) is 19.0 Å². The fourth-order valence-corrected chi connectivity index (χ4v) is 2.12. The third kappa shape index (κ3) is 3.59. The molecule has 3 N–H and O–H groups in total. The Morgan fingerprint density at radius 3 is 2.81 bits per heavy atom. The molecule has 10 nitrogen and oxygen atoms in total. The number of amides is 1. The van der Waals surface area contributed by atoms with Gasteiger partial charge in [-0.2, -0.15) is 5.10 Å². The minimum Gasteiger partial charge on any atom is -0.494 e. The second kappa shape index (κ2) is 7.30. The molecule has 0 aliphatic carbocycles. The molecule has 3 heterocycles. The molecular formula is C16H13N5O5. The van der Waals surface area contributed by atoms with Gasteiger partial charge >= 0.3 is 5.69 Å². The number of hydrogen-bond acceptors (Lipinski definition) is 7. The van der Waals surface area contributed by atoms with Crippen LogP contribution in [0.3, 0.4) is 0 Å². The summed E-state index contributed by atoms with van der Waals surface area (Å²) in [6.45, 7) is -0.0847. The summed E-state index contributed by atoms with van der Waals surface area (Å²) in [7, 11) is 0. The third-order valence-electron chi connectivity index (χ3n) is 3.40. The molecule has 0 fully saturated rings. The fourth-order valence-electron chi connectivity index (χ4n) is 2.12. The third-order valence-corrected chi connectivity index (χ3v) is 3.40. The first-order chi connectivity index (χ1) is 12.6. The zero-order valence-corrected chi connectivity index (χ0v) is 13.2. The van der Waals surface area contributed by atoms with Crippen molar-refractivity contribution in [3.8, 4) is 5.88 Å². The second-order valence-corrected chi connectivity index (χ2v) is 5.10. The average molecular weight is 355 g/mol. The van der Waals surface area contributed by atoms with Crippen LogP contribution in [-0.2, 0) is 6.54 Å². The second-order valence-electron chi connectivity index (χ2n) is 5.10. The largest absolute Gasteiger partial charge is 0.494 e. The monoisotopic (exact) mass is 355 g/mol. The minimum atomic E-state index is -0.842. The van der Waals surface area contributed by atoms with Crippen molar-refractivity contribution in [1.29, 1.82) is 0 Å². The number of furan rings is 1. The molecule has 0 aromatic carbocycles. The van der Waals surface area contributed by atoms with Crippen molar-refractivity contribution in [3.63, 3.8) is 0 Å². The van der Waals surface area contributed by atoms with E-state index in [1.807, 2.05) is 0 Å². The summed E-state index contributed by atoms with van der Waals surface area (Å²) >= 11 is 0. The maximum Gasteiger partial charge on any atom is 0.331 e. The van der Waals surface area contributed by atoms with E-state index in [0.717, 1.165) is 10.8 Å². The molecule has 0 atom stereocenters. The molecule has 0 bridgehead atoms. The quantitative estimate of drug-likeness (QED) is 0.436. The first-order valence-corrected chi connectivity index (χ1v) is 7.38. The number of H-pyrrole nitrogens is 1. The van der Waals surface area contributed by atoms with Gasteiger partial charge in [0.25, 0.3) is 11.5 Å². The highest BCUT2D eigenvalue weighted by atomic mass is 16.3. The van der Waals surface area contributed by atoms with Gasteiger partial charge in [-0.05, 0) is 24.3 Å². The number of nitrogens with one attached hydrogen (secondary N) is 2. The number of aromatic nitrogens is 3. The summed E-state index contributed by atoms with van der Waals surface area (Å²) in [5.74, 6) is -0.719. The lowest BCUT2D eigenvalue weighted by molar-refractivity contribution is 0.0955. The lowest BCUT2D eigenvalue weighted by Crippen LogP contribution is -2.32. The Labute approximate surface area is 145 Å². The highest BCUT2D eigenvalue weighted by Gasteiger charge is 2.14. The van der Waals surface area contributed by atoms with Crippen LogP contribution >= 0.6 is 0 Å². The standard InChI is InChI=1S/C16H13N5O5/c22-13(10-3-5-17-6-4-10)20-18-8-12-14(23)19-16(25)21(15(12)24)9-11-2-1-7-26-11/h1-8,24H,9H2,(H,20,22)(H,19,23,25)/b18-8-. The van der Waals surface area contributed by atoms with E-state index < -0.39 is 23.0 Å². The number of pyridine rings is 1. The first kappa shape index (κ1) is 16.9. The average Bonchev–Trinajstić information content (AvgIpc) is 3.15. The molecule has 3 aromatic rings. The molecule has 0 spiro atoms. The normalized spacial score (nSPS) is 10.9. The van der Waals surface area contributed by atoms with Gasteiger partial charge in [0.1, 0.15) is 11.3 Å². The van der Waals surface area contributed by atoms with E-state index in [-0.39, 0.29) is 12.1 Å². The van der Waals surface area contributed by atoms with Gasteiger partial charge in [-0.25, -0.2) is 10.2 Å². The van der Waals surface area contributed by atoms with Crippen molar-refractivity contribution in [2.45, 2.75) is 6.54 Å². The van der Waals surface area contributed by atoms with E-state index in [4.69, 9.17) is 4.42 Å². The van der Waals surface area contributed by atoms with Crippen LogP contribution in [0.15, 0.2) is 62.0 Å². The van der Waals surface area contributed by atoms with Crippen LogP contribution in [0.25, 0.3) is 0 Å². The molecule has 0 saturated heterocycles. The van der Waals surface area contributed by atoms with Crippen LogP contribution in [0.1, 0.15) is 21.7 Å². The molecule has 3 rings (SSSR count). The highest BCUT2D eigenvalue weighted by Crippen LogP contribution is 2.11. The number of carbonyl (C=O) groups is 1. The van der Waals surface area contributed by atoms with Crippen molar-refractivity contribution >= 4 is 12.1 Å². The van der Waals surface area contributed by atoms with Crippen molar-refractivity contribution in [2.75, 3.05) is 0 Å². The van der Waals surface area contributed by atoms with Crippen molar-refractivity contribution in [2.24, 2.45) is 5.10 Å². The summed E-state index contributed by atoms with van der Waals surface area (Å²) < 4.78 is 6.03. The van der Waals surface area contributed by atoms with Crippen LogP contribution in [-0.4, -0.2) is 31.8 Å². The van der Waals surface area contributed by atoms with Crippen LogP contribution in [0, 0.1) is 0 Å². The number of aromatic hydroxyl groups is 1. The molecule has 3 aromatic heterocycles.